The average molecular weight is 361 g/mol. The fraction of sp³-hybridized carbons (Fsp3) is 0.421. The minimum absolute atomic E-state index is 0.0286. The number of fused-ring (bicyclic) bond motifs is 1. The van der Waals surface area contributed by atoms with Crippen LogP contribution in [-0.2, 0) is 20.9 Å². The first kappa shape index (κ1) is 19.5. The van der Waals surface area contributed by atoms with Crippen LogP contribution in [0.4, 0.5) is 5.69 Å². The normalized spacial score (nSPS) is 13.1. The number of hydrogen-bond acceptors (Lipinski definition) is 6. The summed E-state index contributed by atoms with van der Waals surface area (Å²) >= 11 is 0. The summed E-state index contributed by atoms with van der Waals surface area (Å²) in [4.78, 5) is 36.1. The minimum atomic E-state index is -0.573. The van der Waals surface area contributed by atoms with Gasteiger partial charge in [0.1, 0.15) is 12.3 Å². The number of hydrogen-bond donors (Lipinski definition) is 1. The molecule has 0 aromatic heterocycles. The molecule has 1 N–H and O–H groups in total. The van der Waals surface area contributed by atoms with E-state index in [1.54, 1.807) is 6.92 Å². The highest BCUT2D eigenvalue weighted by Crippen LogP contribution is 2.46. The molecule has 1 aromatic carbocycles. The molecule has 0 spiro atoms. The number of ether oxygens (including phenoxy) is 3. The second-order valence-corrected chi connectivity index (χ2v) is 6.08. The summed E-state index contributed by atoms with van der Waals surface area (Å²) in [5.41, 5.74) is 2.61. The van der Waals surface area contributed by atoms with Crippen LogP contribution < -0.4 is 14.8 Å². The number of amides is 1. The second kappa shape index (κ2) is 8.03. The number of benzene rings is 1. The molecular formula is C19H23NO6. The molecule has 26 heavy (non-hydrogen) atoms. The maximum absolute atomic E-state index is 12.3. The van der Waals surface area contributed by atoms with Crippen LogP contribution in [0.2, 0.25) is 0 Å². The Bertz CT molecular complexity index is 794. The van der Waals surface area contributed by atoms with Gasteiger partial charge < -0.3 is 19.5 Å². The van der Waals surface area contributed by atoms with Gasteiger partial charge in [-0.2, -0.15) is 0 Å². The van der Waals surface area contributed by atoms with Gasteiger partial charge in [-0.3, -0.25) is 9.59 Å². The lowest BCUT2D eigenvalue weighted by Gasteiger charge is -2.19. The fourth-order valence-corrected chi connectivity index (χ4v) is 2.74. The summed E-state index contributed by atoms with van der Waals surface area (Å²) in [5.74, 6) is -1.14. The molecule has 1 amide bonds. The average Bonchev–Trinajstić information content (AvgIpc) is 2.98. The Morgan fingerprint density at radius 2 is 1.92 bits per heavy atom. The second-order valence-electron chi connectivity index (χ2n) is 6.08. The van der Waals surface area contributed by atoms with Crippen molar-refractivity contribution >= 4 is 23.5 Å². The van der Waals surface area contributed by atoms with Crippen molar-refractivity contribution in [1.82, 2.24) is 0 Å². The molecule has 0 bridgehead atoms. The fourth-order valence-electron chi connectivity index (χ4n) is 2.74. The Morgan fingerprint density at radius 1 is 1.23 bits per heavy atom. The summed E-state index contributed by atoms with van der Waals surface area (Å²) in [6.07, 6.45) is 2.64. The van der Waals surface area contributed by atoms with Crippen molar-refractivity contribution in [3.8, 4) is 11.5 Å². The third kappa shape index (κ3) is 3.87. The maximum Gasteiger partial charge on any atom is 0.341 e. The molecule has 1 aliphatic rings. The number of carbonyl (C=O) groups excluding carboxylic acids is 3. The zero-order valence-electron chi connectivity index (χ0n) is 15.6. The highest BCUT2D eigenvalue weighted by atomic mass is 16.6. The molecule has 7 nitrogen and oxygen atoms in total. The minimum Gasteiger partial charge on any atom is -0.492 e. The zero-order valence-corrected chi connectivity index (χ0v) is 15.6. The number of carbonyl (C=O) groups is 3. The van der Waals surface area contributed by atoms with E-state index >= 15 is 0 Å². The van der Waals surface area contributed by atoms with Crippen molar-refractivity contribution in [2.75, 3.05) is 12.4 Å². The Balaban J connectivity index is 2.50. The van der Waals surface area contributed by atoms with E-state index in [0.29, 0.717) is 23.3 Å². The molecule has 1 aromatic rings. The first-order valence-corrected chi connectivity index (χ1v) is 8.30. The Labute approximate surface area is 152 Å². The smallest absolute Gasteiger partial charge is 0.341 e. The van der Waals surface area contributed by atoms with Gasteiger partial charge in [0.15, 0.2) is 11.5 Å². The quantitative estimate of drug-likeness (QED) is 0.475. The van der Waals surface area contributed by atoms with Crippen LogP contribution >= 0.6 is 0 Å². The van der Waals surface area contributed by atoms with Gasteiger partial charge in [-0.1, -0.05) is 11.6 Å². The lowest BCUT2D eigenvalue weighted by Crippen LogP contribution is -2.16. The van der Waals surface area contributed by atoms with Crippen molar-refractivity contribution in [2.24, 2.45) is 0 Å². The highest BCUT2D eigenvalue weighted by Gasteiger charge is 2.34. The number of nitrogens with one attached hydrogen (secondary N) is 1. The van der Waals surface area contributed by atoms with Gasteiger partial charge in [0, 0.05) is 24.5 Å². The lowest BCUT2D eigenvalue weighted by molar-refractivity contribution is -0.134. The van der Waals surface area contributed by atoms with Gasteiger partial charge in [0.2, 0.25) is 5.91 Å². The number of cyclic esters (lactones) is 1. The van der Waals surface area contributed by atoms with Gasteiger partial charge >= 0.3 is 11.9 Å². The molecule has 0 saturated heterocycles. The summed E-state index contributed by atoms with van der Waals surface area (Å²) in [7, 11) is 1.44. The third-order valence-corrected chi connectivity index (χ3v) is 4.27. The van der Waals surface area contributed by atoms with Crippen LogP contribution in [0.25, 0.3) is 0 Å². The molecule has 0 fully saturated rings. The van der Waals surface area contributed by atoms with Crippen molar-refractivity contribution in [2.45, 2.75) is 47.1 Å². The van der Waals surface area contributed by atoms with Crippen molar-refractivity contribution in [3.05, 3.63) is 28.3 Å². The van der Waals surface area contributed by atoms with Crippen LogP contribution in [0.5, 0.6) is 11.5 Å². The third-order valence-electron chi connectivity index (χ3n) is 4.27. The van der Waals surface area contributed by atoms with E-state index < -0.39 is 17.8 Å². The van der Waals surface area contributed by atoms with Crippen molar-refractivity contribution < 1.29 is 28.6 Å². The molecule has 0 radical (unpaired) electrons. The zero-order chi connectivity index (χ0) is 19.4. The Hall–Kier alpha value is -2.83. The van der Waals surface area contributed by atoms with E-state index in [1.807, 2.05) is 19.9 Å². The number of esters is 2. The van der Waals surface area contributed by atoms with E-state index in [0.717, 1.165) is 5.57 Å². The van der Waals surface area contributed by atoms with Crippen LogP contribution in [-0.4, -0.2) is 25.0 Å². The van der Waals surface area contributed by atoms with E-state index in [9.17, 15) is 14.4 Å². The van der Waals surface area contributed by atoms with E-state index in [2.05, 4.69) is 5.32 Å². The van der Waals surface area contributed by atoms with Crippen LogP contribution in [0.15, 0.2) is 11.6 Å². The molecule has 0 saturated carbocycles. The Kier molecular flexibility index (Phi) is 6.02. The lowest BCUT2D eigenvalue weighted by atomic mass is 9.99. The first-order valence-electron chi connectivity index (χ1n) is 8.30. The molecule has 1 heterocycles. The van der Waals surface area contributed by atoms with E-state index in [-0.39, 0.29) is 30.0 Å². The molecular weight excluding hydrogens is 338 g/mol. The number of allylic oxidation sites excluding steroid dienone is 2. The molecule has 140 valence electrons. The largest absolute Gasteiger partial charge is 0.492 e. The molecule has 0 atom stereocenters. The van der Waals surface area contributed by atoms with Crippen LogP contribution in [0.3, 0.4) is 0 Å². The predicted molar refractivity (Wildman–Crippen MR) is 95.5 cm³/mol. The number of anilines is 1. The molecule has 1 aliphatic heterocycles. The van der Waals surface area contributed by atoms with Crippen molar-refractivity contribution in [3.63, 3.8) is 0 Å². The summed E-state index contributed by atoms with van der Waals surface area (Å²) in [6, 6.07) is 0. The predicted octanol–water partition coefficient (Wildman–Crippen LogP) is 3.28. The Morgan fingerprint density at radius 3 is 2.50 bits per heavy atom. The molecule has 0 unspecified atom stereocenters. The maximum atomic E-state index is 12.3. The summed E-state index contributed by atoms with van der Waals surface area (Å²) in [5, 5.41) is 2.58. The topological polar surface area (TPSA) is 90.9 Å². The summed E-state index contributed by atoms with van der Waals surface area (Å²) < 4.78 is 16.0. The molecule has 0 aliphatic carbocycles. The molecule has 2 rings (SSSR count). The highest BCUT2D eigenvalue weighted by molar-refractivity contribution is 6.07. The number of methoxy groups -OCH3 is 1. The van der Waals surface area contributed by atoms with Crippen LogP contribution in [0, 0.1) is 6.92 Å². The van der Waals surface area contributed by atoms with Crippen molar-refractivity contribution in [1.29, 1.82) is 0 Å². The van der Waals surface area contributed by atoms with Gasteiger partial charge in [0.25, 0.3) is 0 Å². The number of rotatable bonds is 6. The van der Waals surface area contributed by atoms with Gasteiger partial charge in [-0.25, -0.2) is 4.79 Å². The monoisotopic (exact) mass is 361 g/mol. The standard InChI is InChI=1S/C19H23NO6/c1-6-10(2)7-8-14(22)26-18-16(20-12(4)21)15-13(9-25-19(15)23)11(3)17(18)24-5/h6H,7-9H2,1-5H3,(H,20,21). The van der Waals surface area contributed by atoms with Gasteiger partial charge in [-0.15, -0.1) is 0 Å². The summed E-state index contributed by atoms with van der Waals surface area (Å²) in [6.45, 7) is 6.95. The van der Waals surface area contributed by atoms with E-state index in [1.165, 1.54) is 14.0 Å². The van der Waals surface area contributed by atoms with Gasteiger partial charge in [0.05, 0.1) is 12.7 Å². The first-order chi connectivity index (χ1) is 12.3. The molecule has 7 heteroatoms. The SMILES string of the molecule is CC=C(C)CCC(=O)Oc1c(NC(C)=O)c2c(c(C)c1OC)COC2=O. The van der Waals surface area contributed by atoms with Crippen LogP contribution in [0.1, 0.15) is 55.1 Å². The van der Waals surface area contributed by atoms with Gasteiger partial charge in [-0.05, 0) is 27.2 Å². The van der Waals surface area contributed by atoms with E-state index in [4.69, 9.17) is 14.2 Å².